The number of carbonyl (C=O) groups excluding carboxylic acids is 1. The van der Waals surface area contributed by atoms with Crippen molar-refractivity contribution in [3.63, 3.8) is 0 Å². The molecule has 0 bridgehead atoms. The molecular formula is C17H22N4O3S. The van der Waals surface area contributed by atoms with Gasteiger partial charge in [0.05, 0.1) is 34.9 Å². The molecule has 2 aliphatic rings. The van der Waals surface area contributed by atoms with Gasteiger partial charge in [0.25, 0.3) is 0 Å². The molecule has 0 unspecified atom stereocenters. The Morgan fingerprint density at radius 2 is 1.96 bits per heavy atom. The quantitative estimate of drug-likeness (QED) is 0.788. The first kappa shape index (κ1) is 16.5. The smallest absolute Gasteiger partial charge is 0.224 e. The third kappa shape index (κ3) is 3.04. The second kappa shape index (κ2) is 6.10. The van der Waals surface area contributed by atoms with E-state index in [9.17, 15) is 13.2 Å². The summed E-state index contributed by atoms with van der Waals surface area (Å²) in [5.74, 6) is 0.268. The van der Waals surface area contributed by atoms with E-state index in [4.69, 9.17) is 0 Å². The number of aromatic nitrogens is 2. The molecule has 7 nitrogen and oxygen atoms in total. The largest absolute Gasteiger partial charge is 0.336 e. The molecular weight excluding hydrogens is 340 g/mol. The lowest BCUT2D eigenvalue weighted by Crippen LogP contribution is -2.59. The third-order valence-electron chi connectivity index (χ3n) is 5.37. The standard InChI is InChI=1S/C17H22N4O3S/c1-19-8-9-21(16-11-25(23,24)10-15(16)19)17(22)6-7-20-12-18-13-4-2-3-5-14(13)20/h2-5,12,15-16H,6-11H2,1H3/t15-,16+/m1/s1. The Hall–Kier alpha value is -1.93. The lowest BCUT2D eigenvalue weighted by molar-refractivity contribution is -0.136. The average molecular weight is 362 g/mol. The maximum Gasteiger partial charge on any atom is 0.224 e. The third-order valence-corrected chi connectivity index (χ3v) is 7.07. The van der Waals surface area contributed by atoms with Gasteiger partial charge in [0.15, 0.2) is 9.84 Å². The van der Waals surface area contributed by atoms with Crippen LogP contribution in [0.2, 0.25) is 0 Å². The zero-order valence-electron chi connectivity index (χ0n) is 14.2. The van der Waals surface area contributed by atoms with E-state index in [1.807, 2.05) is 35.9 Å². The second-order valence-corrected chi connectivity index (χ2v) is 9.11. The Balaban J connectivity index is 1.47. The molecule has 2 fully saturated rings. The van der Waals surface area contributed by atoms with E-state index in [1.165, 1.54) is 0 Å². The highest BCUT2D eigenvalue weighted by Gasteiger charge is 2.46. The fourth-order valence-electron chi connectivity index (χ4n) is 3.98. The Labute approximate surface area is 147 Å². The number of benzene rings is 1. The summed E-state index contributed by atoms with van der Waals surface area (Å²) in [5, 5.41) is 0. The average Bonchev–Trinajstić information content (AvgIpc) is 3.13. The van der Waals surface area contributed by atoms with Gasteiger partial charge >= 0.3 is 0 Å². The Morgan fingerprint density at radius 3 is 2.80 bits per heavy atom. The van der Waals surface area contributed by atoms with Gasteiger partial charge in [-0.3, -0.25) is 9.69 Å². The van der Waals surface area contributed by atoms with Crippen LogP contribution in [0.15, 0.2) is 30.6 Å². The molecule has 0 radical (unpaired) electrons. The van der Waals surface area contributed by atoms with Gasteiger partial charge in [-0.15, -0.1) is 0 Å². The molecule has 25 heavy (non-hydrogen) atoms. The number of hydrogen-bond donors (Lipinski definition) is 0. The highest BCUT2D eigenvalue weighted by atomic mass is 32.2. The summed E-state index contributed by atoms with van der Waals surface area (Å²) in [7, 11) is -1.12. The number of likely N-dealkylation sites (N-methyl/N-ethyl adjacent to an activating group) is 1. The van der Waals surface area contributed by atoms with Crippen LogP contribution in [0.1, 0.15) is 6.42 Å². The van der Waals surface area contributed by atoms with Crippen LogP contribution in [0.25, 0.3) is 11.0 Å². The van der Waals surface area contributed by atoms with Crippen LogP contribution >= 0.6 is 0 Å². The predicted octanol–water partition coefficient (Wildman–Crippen LogP) is 0.366. The van der Waals surface area contributed by atoms with Crippen molar-refractivity contribution < 1.29 is 13.2 Å². The van der Waals surface area contributed by atoms with Crippen LogP contribution in [0.4, 0.5) is 0 Å². The molecule has 0 aliphatic carbocycles. The Kier molecular flexibility index (Phi) is 4.04. The number of nitrogens with zero attached hydrogens (tertiary/aromatic N) is 4. The number of imidazole rings is 1. The van der Waals surface area contributed by atoms with Crippen molar-refractivity contribution in [3.05, 3.63) is 30.6 Å². The summed E-state index contributed by atoms with van der Waals surface area (Å²) in [6.07, 6.45) is 2.11. The van der Waals surface area contributed by atoms with Crippen LogP contribution in [0.3, 0.4) is 0 Å². The van der Waals surface area contributed by atoms with Crippen molar-refractivity contribution in [2.75, 3.05) is 31.6 Å². The van der Waals surface area contributed by atoms with Crippen molar-refractivity contribution in [1.82, 2.24) is 19.4 Å². The van der Waals surface area contributed by atoms with Crippen LogP contribution in [0.5, 0.6) is 0 Å². The number of carbonyl (C=O) groups is 1. The lowest BCUT2D eigenvalue weighted by atomic mass is 10.1. The molecule has 0 saturated carbocycles. The molecule has 3 heterocycles. The van der Waals surface area contributed by atoms with E-state index in [0.29, 0.717) is 19.5 Å². The molecule has 1 aromatic carbocycles. The molecule has 0 N–H and O–H groups in total. The number of fused-ring (bicyclic) bond motifs is 2. The minimum absolute atomic E-state index is 0.0259. The molecule has 8 heteroatoms. The number of sulfone groups is 1. The Morgan fingerprint density at radius 1 is 1.20 bits per heavy atom. The number of aryl methyl sites for hydroxylation is 1. The highest BCUT2D eigenvalue weighted by Crippen LogP contribution is 2.26. The first-order chi connectivity index (χ1) is 11.9. The van der Waals surface area contributed by atoms with Crippen molar-refractivity contribution in [2.24, 2.45) is 0 Å². The van der Waals surface area contributed by atoms with Gasteiger partial charge < -0.3 is 9.47 Å². The molecule has 1 aromatic heterocycles. The highest BCUT2D eigenvalue weighted by molar-refractivity contribution is 7.91. The summed E-state index contributed by atoms with van der Waals surface area (Å²) in [6, 6.07) is 7.55. The van der Waals surface area contributed by atoms with Gasteiger partial charge in [-0.05, 0) is 19.2 Å². The molecule has 134 valence electrons. The summed E-state index contributed by atoms with van der Waals surface area (Å²) < 4.78 is 26.0. The fraction of sp³-hybridized carbons (Fsp3) is 0.529. The van der Waals surface area contributed by atoms with Gasteiger partial charge in [-0.2, -0.15) is 0 Å². The van der Waals surface area contributed by atoms with Gasteiger partial charge in [0.2, 0.25) is 5.91 Å². The molecule has 0 spiro atoms. The molecule has 2 saturated heterocycles. The number of para-hydroxylation sites is 2. The molecule has 1 amide bonds. The fourth-order valence-corrected chi connectivity index (χ4v) is 6.04. The maximum atomic E-state index is 12.8. The number of piperazine rings is 1. The van der Waals surface area contributed by atoms with E-state index >= 15 is 0 Å². The SMILES string of the molecule is CN1CCN(C(=O)CCn2cnc3ccccc32)[C@H]2CS(=O)(=O)C[C@H]21. The lowest BCUT2D eigenvalue weighted by Gasteiger charge is -2.42. The minimum atomic E-state index is -3.07. The maximum absolute atomic E-state index is 12.8. The van der Waals surface area contributed by atoms with Crippen molar-refractivity contribution in [1.29, 1.82) is 0 Å². The topological polar surface area (TPSA) is 75.5 Å². The summed E-state index contributed by atoms with van der Waals surface area (Å²) in [5.41, 5.74) is 1.92. The van der Waals surface area contributed by atoms with Crippen LogP contribution in [-0.2, 0) is 21.2 Å². The van der Waals surface area contributed by atoms with E-state index in [-0.39, 0.29) is 29.5 Å². The first-order valence-corrected chi connectivity index (χ1v) is 10.4. The zero-order valence-corrected chi connectivity index (χ0v) is 15.0. The van der Waals surface area contributed by atoms with Gasteiger partial charge in [0.1, 0.15) is 0 Å². The summed E-state index contributed by atoms with van der Waals surface area (Å²) >= 11 is 0. The monoisotopic (exact) mass is 362 g/mol. The molecule has 4 rings (SSSR count). The van der Waals surface area contributed by atoms with Gasteiger partial charge in [-0.1, -0.05) is 12.1 Å². The van der Waals surface area contributed by atoms with E-state index in [1.54, 1.807) is 11.2 Å². The summed E-state index contributed by atoms with van der Waals surface area (Å²) in [4.78, 5) is 21.0. The molecule has 2 atom stereocenters. The summed E-state index contributed by atoms with van der Waals surface area (Å²) in [6.45, 7) is 1.86. The van der Waals surface area contributed by atoms with Crippen LogP contribution in [0, 0.1) is 0 Å². The molecule has 2 aromatic rings. The van der Waals surface area contributed by atoms with E-state index < -0.39 is 9.84 Å². The van der Waals surface area contributed by atoms with Crippen LogP contribution in [-0.4, -0.2) is 77.4 Å². The normalized spacial score (nSPS) is 26.0. The van der Waals surface area contributed by atoms with E-state index in [2.05, 4.69) is 9.88 Å². The minimum Gasteiger partial charge on any atom is -0.336 e. The van der Waals surface area contributed by atoms with Crippen molar-refractivity contribution in [2.45, 2.75) is 25.0 Å². The number of hydrogen-bond acceptors (Lipinski definition) is 5. The van der Waals surface area contributed by atoms with Crippen molar-refractivity contribution >= 4 is 26.8 Å². The zero-order chi connectivity index (χ0) is 17.6. The second-order valence-electron chi connectivity index (χ2n) is 6.96. The number of rotatable bonds is 3. The molecule has 2 aliphatic heterocycles. The van der Waals surface area contributed by atoms with Gasteiger partial charge in [0, 0.05) is 32.1 Å². The first-order valence-electron chi connectivity index (χ1n) is 8.55. The van der Waals surface area contributed by atoms with E-state index in [0.717, 1.165) is 17.6 Å². The Bertz CT molecular complexity index is 908. The van der Waals surface area contributed by atoms with Gasteiger partial charge in [-0.25, -0.2) is 13.4 Å². The van der Waals surface area contributed by atoms with Crippen molar-refractivity contribution in [3.8, 4) is 0 Å². The van der Waals surface area contributed by atoms with Crippen LogP contribution < -0.4 is 0 Å². The number of amides is 1. The predicted molar refractivity (Wildman–Crippen MR) is 94.9 cm³/mol.